The zero-order valence-corrected chi connectivity index (χ0v) is 10.5. The first-order valence-electron chi connectivity index (χ1n) is 5.87. The van der Waals surface area contributed by atoms with Crippen LogP contribution in [0.1, 0.15) is 18.3 Å². The summed E-state index contributed by atoms with van der Waals surface area (Å²) in [5, 5.41) is 3.22. The van der Waals surface area contributed by atoms with E-state index in [2.05, 4.69) is 27.2 Å². The highest BCUT2D eigenvalue weighted by Gasteiger charge is 2.05. The number of H-pyrrole nitrogens is 1. The summed E-state index contributed by atoms with van der Waals surface area (Å²) >= 11 is 0. The topological polar surface area (TPSA) is 70.7 Å². The van der Waals surface area contributed by atoms with Crippen molar-refractivity contribution in [1.82, 2.24) is 15.0 Å². The van der Waals surface area contributed by atoms with Gasteiger partial charge < -0.3 is 10.3 Å². The second-order valence-electron chi connectivity index (χ2n) is 4.32. The quantitative estimate of drug-likeness (QED) is 0.855. The van der Waals surface area contributed by atoms with E-state index >= 15 is 0 Å². The second kappa shape index (κ2) is 5.44. The van der Waals surface area contributed by atoms with Gasteiger partial charge in [0.05, 0.1) is 0 Å². The van der Waals surface area contributed by atoms with Crippen molar-refractivity contribution in [1.29, 1.82) is 0 Å². The van der Waals surface area contributed by atoms with Gasteiger partial charge in [-0.05, 0) is 38.0 Å². The molecule has 0 spiro atoms. The number of hydrogen-bond acceptors (Lipinski definition) is 4. The van der Waals surface area contributed by atoms with E-state index in [1.54, 1.807) is 19.3 Å². The molecule has 2 aromatic heterocycles. The summed E-state index contributed by atoms with van der Waals surface area (Å²) in [5.74, 6) is 1.22. The third-order valence-electron chi connectivity index (χ3n) is 2.55. The number of rotatable bonds is 4. The normalized spacial score (nSPS) is 12.1. The van der Waals surface area contributed by atoms with Crippen LogP contribution in [0.15, 0.2) is 35.4 Å². The van der Waals surface area contributed by atoms with Crippen molar-refractivity contribution < 1.29 is 0 Å². The highest BCUT2D eigenvalue weighted by atomic mass is 16.1. The Hall–Kier alpha value is -2.17. The number of pyridine rings is 1. The molecule has 5 nitrogen and oxygen atoms in total. The van der Waals surface area contributed by atoms with Crippen LogP contribution in [0, 0.1) is 6.92 Å². The molecule has 0 aliphatic rings. The molecule has 2 aromatic rings. The lowest BCUT2D eigenvalue weighted by Crippen LogP contribution is -2.21. The molecule has 5 heteroatoms. The maximum absolute atomic E-state index is 11.3. The molecule has 0 aliphatic carbocycles. The van der Waals surface area contributed by atoms with Crippen LogP contribution < -0.4 is 10.9 Å². The molecular formula is C13H16N4O. The summed E-state index contributed by atoms with van der Waals surface area (Å²) in [5.41, 5.74) is 1.06. The fourth-order valence-electron chi connectivity index (χ4n) is 1.83. The van der Waals surface area contributed by atoms with Crippen LogP contribution in [-0.2, 0) is 6.42 Å². The Bertz CT molecular complexity index is 565. The minimum atomic E-state index is -0.138. The van der Waals surface area contributed by atoms with E-state index in [4.69, 9.17) is 0 Å². The summed E-state index contributed by atoms with van der Waals surface area (Å²) in [7, 11) is 0. The van der Waals surface area contributed by atoms with E-state index in [1.165, 1.54) is 11.6 Å². The van der Waals surface area contributed by atoms with Crippen molar-refractivity contribution in [2.75, 3.05) is 5.32 Å². The fraction of sp³-hybridized carbons (Fsp3) is 0.308. The Labute approximate surface area is 105 Å². The number of anilines is 1. The zero-order chi connectivity index (χ0) is 13.0. The second-order valence-corrected chi connectivity index (χ2v) is 4.32. The van der Waals surface area contributed by atoms with Gasteiger partial charge >= 0.3 is 0 Å². The van der Waals surface area contributed by atoms with Crippen LogP contribution in [0.5, 0.6) is 0 Å². The number of nitrogens with zero attached hydrogens (tertiary/aromatic N) is 2. The lowest BCUT2D eigenvalue weighted by molar-refractivity contribution is 0.780. The van der Waals surface area contributed by atoms with Crippen LogP contribution in [0.25, 0.3) is 0 Å². The van der Waals surface area contributed by atoms with E-state index in [-0.39, 0.29) is 11.6 Å². The third-order valence-corrected chi connectivity index (χ3v) is 2.55. The molecule has 0 fully saturated rings. The van der Waals surface area contributed by atoms with Gasteiger partial charge in [0.15, 0.2) is 0 Å². The largest absolute Gasteiger partial charge is 0.367 e. The van der Waals surface area contributed by atoms with Gasteiger partial charge in [-0.2, -0.15) is 0 Å². The number of hydrogen-bond donors (Lipinski definition) is 2. The van der Waals surface area contributed by atoms with Crippen LogP contribution in [0.2, 0.25) is 0 Å². The van der Waals surface area contributed by atoms with Crippen LogP contribution in [0.3, 0.4) is 0 Å². The average molecular weight is 244 g/mol. The van der Waals surface area contributed by atoms with Crippen molar-refractivity contribution >= 4 is 5.82 Å². The van der Waals surface area contributed by atoms with Crippen molar-refractivity contribution in [2.24, 2.45) is 0 Å². The van der Waals surface area contributed by atoms with Crippen LogP contribution >= 0.6 is 0 Å². The Morgan fingerprint density at radius 1 is 1.39 bits per heavy atom. The predicted octanol–water partition coefficient (Wildman–Crippen LogP) is 1.52. The number of nitrogens with one attached hydrogen (secondary N) is 2. The van der Waals surface area contributed by atoms with E-state index in [9.17, 15) is 4.79 Å². The molecule has 0 bridgehead atoms. The van der Waals surface area contributed by atoms with Crippen molar-refractivity contribution in [3.05, 3.63) is 52.3 Å². The lowest BCUT2D eigenvalue weighted by atomic mass is 10.1. The molecule has 1 atom stereocenters. The Morgan fingerprint density at radius 2 is 2.11 bits per heavy atom. The first-order chi connectivity index (χ1) is 8.63. The Morgan fingerprint density at radius 3 is 2.78 bits per heavy atom. The highest BCUT2D eigenvalue weighted by Crippen LogP contribution is 2.06. The minimum absolute atomic E-state index is 0.138. The third kappa shape index (κ3) is 3.41. The average Bonchev–Trinajstić information content (AvgIpc) is 2.28. The minimum Gasteiger partial charge on any atom is -0.367 e. The Kier molecular flexibility index (Phi) is 3.72. The van der Waals surface area contributed by atoms with Gasteiger partial charge in [-0.25, -0.2) is 4.98 Å². The van der Waals surface area contributed by atoms with Gasteiger partial charge in [-0.15, -0.1) is 0 Å². The summed E-state index contributed by atoms with van der Waals surface area (Å²) < 4.78 is 0. The van der Waals surface area contributed by atoms with E-state index in [1.807, 2.05) is 12.1 Å². The molecule has 0 radical (unpaired) electrons. The number of aromatic nitrogens is 3. The molecule has 1 unspecified atom stereocenters. The van der Waals surface area contributed by atoms with Crippen molar-refractivity contribution in [2.45, 2.75) is 26.3 Å². The predicted molar refractivity (Wildman–Crippen MR) is 70.6 cm³/mol. The molecule has 0 aliphatic heterocycles. The smallest absolute Gasteiger partial charge is 0.252 e. The highest BCUT2D eigenvalue weighted by molar-refractivity contribution is 5.34. The van der Waals surface area contributed by atoms with Crippen molar-refractivity contribution in [3.63, 3.8) is 0 Å². The summed E-state index contributed by atoms with van der Waals surface area (Å²) in [6.07, 6.45) is 4.41. The number of aromatic amines is 1. The van der Waals surface area contributed by atoms with Gasteiger partial charge in [0, 0.05) is 24.5 Å². The maximum Gasteiger partial charge on any atom is 0.252 e. The maximum atomic E-state index is 11.3. The first kappa shape index (κ1) is 12.3. The van der Waals surface area contributed by atoms with E-state index < -0.39 is 0 Å². The molecule has 0 saturated carbocycles. The molecule has 2 N–H and O–H groups in total. The molecule has 2 heterocycles. The SMILES string of the molecule is Cc1nc(NC(C)Cc2ccncc2)cc(=O)[nH]1. The van der Waals surface area contributed by atoms with Crippen LogP contribution in [-0.4, -0.2) is 21.0 Å². The van der Waals surface area contributed by atoms with Gasteiger partial charge in [0.1, 0.15) is 11.6 Å². The van der Waals surface area contributed by atoms with Gasteiger partial charge in [0.2, 0.25) is 0 Å². The van der Waals surface area contributed by atoms with E-state index in [0.717, 1.165) is 6.42 Å². The molecule has 0 saturated heterocycles. The van der Waals surface area contributed by atoms with Crippen LogP contribution in [0.4, 0.5) is 5.82 Å². The molecule has 0 amide bonds. The number of aryl methyl sites for hydroxylation is 1. The Balaban J connectivity index is 2.03. The van der Waals surface area contributed by atoms with Crippen molar-refractivity contribution in [3.8, 4) is 0 Å². The van der Waals surface area contributed by atoms with Gasteiger partial charge in [0.25, 0.3) is 5.56 Å². The molecule has 94 valence electrons. The van der Waals surface area contributed by atoms with E-state index in [0.29, 0.717) is 11.6 Å². The zero-order valence-electron chi connectivity index (χ0n) is 10.5. The van der Waals surface area contributed by atoms with Gasteiger partial charge in [-0.3, -0.25) is 9.78 Å². The molecule has 18 heavy (non-hydrogen) atoms. The lowest BCUT2D eigenvalue weighted by Gasteiger charge is -2.14. The molecular weight excluding hydrogens is 228 g/mol. The standard InChI is InChI=1S/C13H16N4O/c1-9(7-11-3-5-14-6-4-11)15-12-8-13(18)17-10(2)16-12/h3-6,8-9H,7H2,1-2H3,(H2,15,16,17,18). The monoisotopic (exact) mass is 244 g/mol. The molecule has 2 rings (SSSR count). The molecule has 0 aromatic carbocycles. The summed E-state index contributed by atoms with van der Waals surface area (Å²) in [6.45, 7) is 3.82. The fourth-order valence-corrected chi connectivity index (χ4v) is 1.83. The summed E-state index contributed by atoms with van der Waals surface area (Å²) in [4.78, 5) is 22.1. The first-order valence-corrected chi connectivity index (χ1v) is 5.87. The van der Waals surface area contributed by atoms with Gasteiger partial charge in [-0.1, -0.05) is 0 Å². The summed E-state index contributed by atoms with van der Waals surface area (Å²) in [6, 6.07) is 5.63.